The van der Waals surface area contributed by atoms with Crippen LogP contribution in [0.2, 0.25) is 0 Å². The zero-order valence-electron chi connectivity index (χ0n) is 15.9. The summed E-state index contributed by atoms with van der Waals surface area (Å²) in [5.41, 5.74) is -1.56. The summed E-state index contributed by atoms with van der Waals surface area (Å²) >= 11 is 0. The zero-order valence-corrected chi connectivity index (χ0v) is 15.9. The molecule has 4 rings (SSSR count). The number of rotatable bonds is 2. The Hall–Kier alpha value is -0.670. The summed E-state index contributed by atoms with van der Waals surface area (Å²) in [4.78, 5) is 0. The summed E-state index contributed by atoms with van der Waals surface area (Å²) in [6, 6.07) is 0. The average molecular weight is 349 g/mol. The third-order valence-electron chi connectivity index (χ3n) is 8.78. The standard InChI is InChI=1S/C22H33FO2/c1-15-4-5-16-6-7-18-17-8-9-21(25,12-13-24)19(17,2)10-11-22(18,23)20(16,3)14-15/h5-7,15,17-18,24-25H,4,8-14H2,1-3H3/t15?,17-,18-,19-,20-,21-,22+/m0/s1. The molecular formula is C22H33FO2. The van der Waals surface area contributed by atoms with Crippen molar-refractivity contribution >= 4 is 0 Å². The Morgan fingerprint density at radius 1 is 1.24 bits per heavy atom. The summed E-state index contributed by atoms with van der Waals surface area (Å²) in [6.07, 6.45) is 11.7. The van der Waals surface area contributed by atoms with Crippen molar-refractivity contribution in [3.8, 4) is 0 Å². The van der Waals surface area contributed by atoms with Gasteiger partial charge in [-0.1, -0.05) is 39.0 Å². The lowest BCUT2D eigenvalue weighted by atomic mass is 9.46. The molecule has 2 N–H and O–H groups in total. The molecule has 3 heteroatoms. The Morgan fingerprint density at radius 2 is 2.00 bits per heavy atom. The van der Waals surface area contributed by atoms with E-state index in [9.17, 15) is 10.2 Å². The van der Waals surface area contributed by atoms with Crippen LogP contribution >= 0.6 is 0 Å². The van der Waals surface area contributed by atoms with E-state index >= 15 is 4.39 Å². The minimum atomic E-state index is -1.21. The normalized spacial score (nSPS) is 54.5. The Bertz CT molecular complexity index is 628. The van der Waals surface area contributed by atoms with Gasteiger partial charge in [0.2, 0.25) is 0 Å². The third kappa shape index (κ3) is 2.09. The van der Waals surface area contributed by atoms with Gasteiger partial charge in [0.15, 0.2) is 0 Å². The van der Waals surface area contributed by atoms with E-state index in [4.69, 9.17) is 0 Å². The second-order valence-electron chi connectivity index (χ2n) is 9.85. The molecule has 25 heavy (non-hydrogen) atoms. The van der Waals surface area contributed by atoms with Crippen molar-refractivity contribution in [2.24, 2.45) is 28.6 Å². The van der Waals surface area contributed by atoms with Gasteiger partial charge in [0.25, 0.3) is 0 Å². The van der Waals surface area contributed by atoms with Crippen molar-refractivity contribution in [3.63, 3.8) is 0 Å². The summed E-state index contributed by atoms with van der Waals surface area (Å²) in [7, 11) is 0. The smallest absolute Gasteiger partial charge is 0.126 e. The molecule has 2 nitrogen and oxygen atoms in total. The molecule has 1 unspecified atom stereocenters. The molecule has 0 aromatic rings. The van der Waals surface area contributed by atoms with Crippen LogP contribution in [0.1, 0.15) is 65.7 Å². The van der Waals surface area contributed by atoms with Gasteiger partial charge in [-0.2, -0.15) is 0 Å². The third-order valence-corrected chi connectivity index (χ3v) is 8.78. The van der Waals surface area contributed by atoms with Gasteiger partial charge in [-0.05, 0) is 67.8 Å². The highest BCUT2D eigenvalue weighted by atomic mass is 19.1. The quantitative estimate of drug-likeness (QED) is 0.767. The maximum absolute atomic E-state index is 16.7. The molecular weight excluding hydrogens is 315 g/mol. The second-order valence-corrected chi connectivity index (χ2v) is 9.85. The molecule has 0 heterocycles. The molecule has 2 fully saturated rings. The van der Waals surface area contributed by atoms with Crippen LogP contribution in [0.5, 0.6) is 0 Å². The van der Waals surface area contributed by atoms with Crippen LogP contribution in [-0.4, -0.2) is 28.1 Å². The van der Waals surface area contributed by atoms with Crippen LogP contribution in [0.4, 0.5) is 4.39 Å². The number of hydrogen-bond acceptors (Lipinski definition) is 2. The van der Waals surface area contributed by atoms with E-state index in [0.717, 1.165) is 19.3 Å². The van der Waals surface area contributed by atoms with Crippen LogP contribution in [-0.2, 0) is 0 Å². The topological polar surface area (TPSA) is 40.5 Å². The first-order valence-corrected chi connectivity index (χ1v) is 10.1. The summed E-state index contributed by atoms with van der Waals surface area (Å²) < 4.78 is 16.7. The zero-order chi connectivity index (χ0) is 18.1. The number of fused-ring (bicyclic) bond motifs is 5. The Kier molecular flexibility index (Phi) is 3.84. The van der Waals surface area contributed by atoms with Crippen LogP contribution in [0.25, 0.3) is 0 Å². The minimum Gasteiger partial charge on any atom is -0.396 e. The molecule has 0 bridgehead atoms. The van der Waals surface area contributed by atoms with E-state index in [0.29, 0.717) is 31.6 Å². The fraction of sp³-hybridized carbons (Fsp3) is 0.818. The average Bonchev–Trinajstić information content (AvgIpc) is 2.80. The molecule has 0 aromatic heterocycles. The molecule has 0 amide bonds. The minimum absolute atomic E-state index is 0.00218. The summed E-state index contributed by atoms with van der Waals surface area (Å²) in [6.45, 7) is 6.52. The van der Waals surface area contributed by atoms with Crippen molar-refractivity contribution in [2.45, 2.75) is 77.0 Å². The Morgan fingerprint density at radius 3 is 2.72 bits per heavy atom. The SMILES string of the molecule is CC1CC=C2C=C[C@H]3[C@@H]4CC[C@](O)(CCO)[C@@]4(C)CC[C@]3(F)[C@@]2(C)C1. The first-order valence-electron chi connectivity index (χ1n) is 10.1. The number of halogens is 1. The monoisotopic (exact) mass is 348 g/mol. The van der Waals surface area contributed by atoms with E-state index in [2.05, 4.69) is 39.0 Å². The van der Waals surface area contributed by atoms with Gasteiger partial charge in [-0.15, -0.1) is 0 Å². The molecule has 7 atom stereocenters. The van der Waals surface area contributed by atoms with Crippen LogP contribution in [0.15, 0.2) is 23.8 Å². The first-order chi connectivity index (χ1) is 11.7. The highest BCUT2D eigenvalue weighted by Gasteiger charge is 2.68. The molecule has 4 aliphatic carbocycles. The number of allylic oxidation sites excluding steroid dienone is 4. The van der Waals surface area contributed by atoms with E-state index in [-0.39, 0.29) is 23.9 Å². The molecule has 4 aliphatic rings. The lowest BCUT2D eigenvalue weighted by Gasteiger charge is -2.61. The largest absolute Gasteiger partial charge is 0.396 e. The molecule has 2 saturated carbocycles. The second kappa shape index (κ2) is 5.42. The maximum Gasteiger partial charge on any atom is 0.126 e. The van der Waals surface area contributed by atoms with E-state index < -0.39 is 16.7 Å². The van der Waals surface area contributed by atoms with Crippen molar-refractivity contribution in [1.29, 1.82) is 0 Å². The molecule has 0 saturated heterocycles. The van der Waals surface area contributed by atoms with Gasteiger partial charge in [0, 0.05) is 17.9 Å². The molecule has 140 valence electrons. The predicted octanol–water partition coefficient (Wildman–Crippen LogP) is 4.57. The molecule has 0 aromatic carbocycles. The number of hydrogen-bond donors (Lipinski definition) is 2. The molecule has 0 radical (unpaired) electrons. The fourth-order valence-electron chi connectivity index (χ4n) is 7.11. The van der Waals surface area contributed by atoms with Gasteiger partial charge in [-0.25, -0.2) is 4.39 Å². The molecule has 0 aliphatic heterocycles. The first kappa shape index (κ1) is 17.7. The van der Waals surface area contributed by atoms with Crippen LogP contribution < -0.4 is 0 Å². The van der Waals surface area contributed by atoms with Crippen LogP contribution in [0.3, 0.4) is 0 Å². The Balaban J connectivity index is 1.76. The van der Waals surface area contributed by atoms with Gasteiger partial charge >= 0.3 is 0 Å². The van der Waals surface area contributed by atoms with Gasteiger partial charge < -0.3 is 10.2 Å². The summed E-state index contributed by atoms with van der Waals surface area (Å²) in [5, 5.41) is 20.7. The number of alkyl halides is 1. The van der Waals surface area contributed by atoms with E-state index in [1.54, 1.807) is 0 Å². The van der Waals surface area contributed by atoms with Crippen molar-refractivity contribution in [3.05, 3.63) is 23.8 Å². The van der Waals surface area contributed by atoms with Gasteiger partial charge in [-0.3, -0.25) is 0 Å². The Labute approximate surface area is 151 Å². The van der Waals surface area contributed by atoms with Crippen molar-refractivity contribution in [1.82, 2.24) is 0 Å². The number of aliphatic hydroxyl groups excluding tert-OH is 1. The van der Waals surface area contributed by atoms with Crippen molar-refractivity contribution < 1.29 is 14.6 Å². The van der Waals surface area contributed by atoms with Gasteiger partial charge in [0.05, 0.1) is 5.60 Å². The van der Waals surface area contributed by atoms with Crippen LogP contribution in [0, 0.1) is 28.6 Å². The van der Waals surface area contributed by atoms with Gasteiger partial charge in [0.1, 0.15) is 5.67 Å². The lowest BCUT2D eigenvalue weighted by molar-refractivity contribution is -0.160. The van der Waals surface area contributed by atoms with E-state index in [1.807, 2.05) is 0 Å². The highest BCUT2D eigenvalue weighted by Crippen LogP contribution is 2.69. The highest BCUT2D eigenvalue weighted by molar-refractivity contribution is 5.40. The summed E-state index contributed by atoms with van der Waals surface area (Å²) in [5.74, 6) is 0.567. The van der Waals surface area contributed by atoms with E-state index in [1.165, 1.54) is 5.57 Å². The fourth-order valence-corrected chi connectivity index (χ4v) is 7.11. The molecule has 0 spiro atoms. The number of aliphatic hydroxyl groups is 2. The predicted molar refractivity (Wildman–Crippen MR) is 97.8 cm³/mol. The maximum atomic E-state index is 16.7. The lowest BCUT2D eigenvalue weighted by Crippen LogP contribution is -2.61. The van der Waals surface area contributed by atoms with Crippen molar-refractivity contribution in [2.75, 3.05) is 6.61 Å².